The Morgan fingerprint density at radius 2 is 2.18 bits per heavy atom. The summed E-state index contributed by atoms with van der Waals surface area (Å²) in [5.41, 5.74) is 6.45. The van der Waals surface area contributed by atoms with Gasteiger partial charge in [-0.1, -0.05) is 19.9 Å². The first-order chi connectivity index (χ1) is 8.04. The minimum atomic E-state index is 0.205. The van der Waals surface area contributed by atoms with Crippen molar-refractivity contribution >= 4 is 5.82 Å². The topological polar surface area (TPSA) is 65.9 Å². The fraction of sp³-hybridized carbons (Fsp3) is 0.538. The van der Waals surface area contributed by atoms with Crippen molar-refractivity contribution in [2.24, 2.45) is 11.7 Å². The van der Waals surface area contributed by atoms with Crippen LogP contribution in [-0.4, -0.2) is 24.6 Å². The average Bonchev–Trinajstić information content (AvgIpc) is 2.35. The van der Waals surface area contributed by atoms with Crippen molar-refractivity contribution in [1.29, 1.82) is 5.26 Å². The SMILES string of the molecule is CC(C)C(N)CCN(C)c1cccc(C#N)n1. The third kappa shape index (κ3) is 4.04. The van der Waals surface area contributed by atoms with Crippen LogP contribution in [0.25, 0.3) is 0 Å². The summed E-state index contributed by atoms with van der Waals surface area (Å²) in [6, 6.07) is 7.71. The molecule has 1 atom stereocenters. The molecule has 0 saturated carbocycles. The van der Waals surface area contributed by atoms with Gasteiger partial charge in [-0.25, -0.2) is 4.98 Å². The maximum atomic E-state index is 8.78. The summed E-state index contributed by atoms with van der Waals surface area (Å²) in [5.74, 6) is 1.31. The summed E-state index contributed by atoms with van der Waals surface area (Å²) in [6.07, 6.45) is 0.923. The number of anilines is 1. The highest BCUT2D eigenvalue weighted by molar-refractivity contribution is 5.40. The normalized spacial score (nSPS) is 12.2. The molecule has 0 amide bonds. The van der Waals surface area contributed by atoms with Gasteiger partial charge in [0.15, 0.2) is 0 Å². The molecular weight excluding hydrogens is 212 g/mol. The Balaban J connectivity index is 2.58. The Labute approximate surface area is 103 Å². The van der Waals surface area contributed by atoms with Gasteiger partial charge < -0.3 is 10.6 Å². The fourth-order valence-corrected chi connectivity index (χ4v) is 1.49. The maximum absolute atomic E-state index is 8.78. The molecule has 1 unspecified atom stereocenters. The summed E-state index contributed by atoms with van der Waals surface area (Å²) < 4.78 is 0. The lowest BCUT2D eigenvalue weighted by atomic mass is 10.0. The van der Waals surface area contributed by atoms with Gasteiger partial charge in [0.1, 0.15) is 17.6 Å². The molecule has 4 nitrogen and oxygen atoms in total. The van der Waals surface area contributed by atoms with Crippen LogP contribution >= 0.6 is 0 Å². The highest BCUT2D eigenvalue weighted by atomic mass is 15.2. The summed E-state index contributed by atoms with van der Waals surface area (Å²) in [6.45, 7) is 5.10. The van der Waals surface area contributed by atoms with Crippen LogP contribution in [-0.2, 0) is 0 Å². The molecule has 2 N–H and O–H groups in total. The first-order valence-corrected chi connectivity index (χ1v) is 5.88. The van der Waals surface area contributed by atoms with Gasteiger partial charge in [0, 0.05) is 19.6 Å². The van der Waals surface area contributed by atoms with Gasteiger partial charge >= 0.3 is 0 Å². The zero-order chi connectivity index (χ0) is 12.8. The molecule has 0 fully saturated rings. The van der Waals surface area contributed by atoms with E-state index in [-0.39, 0.29) is 6.04 Å². The number of nitrogens with zero attached hydrogens (tertiary/aromatic N) is 3. The maximum Gasteiger partial charge on any atom is 0.142 e. The van der Waals surface area contributed by atoms with Gasteiger partial charge in [0.2, 0.25) is 0 Å². The molecule has 0 spiro atoms. The zero-order valence-corrected chi connectivity index (χ0v) is 10.7. The van der Waals surface area contributed by atoms with Crippen molar-refractivity contribution in [2.45, 2.75) is 26.3 Å². The minimum Gasteiger partial charge on any atom is -0.360 e. The third-order valence-corrected chi connectivity index (χ3v) is 2.89. The largest absolute Gasteiger partial charge is 0.360 e. The predicted molar refractivity (Wildman–Crippen MR) is 69.7 cm³/mol. The molecule has 17 heavy (non-hydrogen) atoms. The van der Waals surface area contributed by atoms with Gasteiger partial charge in [-0.3, -0.25) is 0 Å². The van der Waals surface area contributed by atoms with E-state index in [4.69, 9.17) is 11.0 Å². The fourth-order valence-electron chi connectivity index (χ4n) is 1.49. The molecule has 1 aromatic heterocycles. The van der Waals surface area contributed by atoms with E-state index in [1.807, 2.05) is 30.1 Å². The smallest absolute Gasteiger partial charge is 0.142 e. The lowest BCUT2D eigenvalue weighted by Gasteiger charge is -2.22. The zero-order valence-electron chi connectivity index (χ0n) is 10.7. The van der Waals surface area contributed by atoms with Crippen LogP contribution in [0.3, 0.4) is 0 Å². The quantitative estimate of drug-likeness (QED) is 0.840. The van der Waals surface area contributed by atoms with E-state index in [2.05, 4.69) is 18.8 Å². The second kappa shape index (κ2) is 6.21. The summed E-state index contributed by atoms with van der Waals surface area (Å²) in [4.78, 5) is 6.27. The van der Waals surface area contributed by atoms with Crippen LogP contribution in [0.5, 0.6) is 0 Å². The Bertz CT molecular complexity index is 395. The van der Waals surface area contributed by atoms with Gasteiger partial charge in [-0.2, -0.15) is 5.26 Å². The lowest BCUT2D eigenvalue weighted by molar-refractivity contribution is 0.465. The van der Waals surface area contributed by atoms with Crippen molar-refractivity contribution in [3.63, 3.8) is 0 Å². The molecule has 0 saturated heterocycles. The second-order valence-electron chi connectivity index (χ2n) is 4.61. The van der Waals surface area contributed by atoms with Crippen molar-refractivity contribution in [3.8, 4) is 6.07 Å². The predicted octanol–water partition coefficient (Wildman–Crippen LogP) is 1.76. The third-order valence-electron chi connectivity index (χ3n) is 2.89. The Hall–Kier alpha value is -1.60. The Morgan fingerprint density at radius 1 is 1.47 bits per heavy atom. The lowest BCUT2D eigenvalue weighted by Crippen LogP contribution is -2.32. The van der Waals surface area contributed by atoms with Crippen molar-refractivity contribution in [2.75, 3.05) is 18.5 Å². The Kier molecular flexibility index (Phi) is 4.92. The van der Waals surface area contributed by atoms with E-state index >= 15 is 0 Å². The van der Waals surface area contributed by atoms with E-state index in [0.717, 1.165) is 18.8 Å². The van der Waals surface area contributed by atoms with Crippen LogP contribution in [0.2, 0.25) is 0 Å². The summed E-state index contributed by atoms with van der Waals surface area (Å²) >= 11 is 0. The number of pyridine rings is 1. The van der Waals surface area contributed by atoms with Crippen LogP contribution in [0.1, 0.15) is 26.0 Å². The van der Waals surface area contributed by atoms with E-state index in [9.17, 15) is 0 Å². The van der Waals surface area contributed by atoms with Crippen molar-refractivity contribution < 1.29 is 0 Å². The number of rotatable bonds is 5. The highest BCUT2D eigenvalue weighted by Crippen LogP contribution is 2.11. The molecule has 0 aliphatic heterocycles. The number of hydrogen-bond donors (Lipinski definition) is 1. The average molecular weight is 232 g/mol. The molecular formula is C13H20N4. The molecule has 1 aromatic rings. The van der Waals surface area contributed by atoms with Gasteiger partial charge in [-0.15, -0.1) is 0 Å². The van der Waals surface area contributed by atoms with Gasteiger partial charge in [0.05, 0.1) is 0 Å². The minimum absolute atomic E-state index is 0.205. The van der Waals surface area contributed by atoms with Crippen LogP contribution in [0, 0.1) is 17.2 Å². The molecule has 1 heterocycles. The standard InChI is InChI=1S/C13H20N4/c1-10(2)12(15)7-8-17(3)13-6-4-5-11(9-14)16-13/h4-6,10,12H,7-8,15H2,1-3H3. The van der Waals surface area contributed by atoms with E-state index in [1.54, 1.807) is 6.07 Å². The molecule has 0 aromatic carbocycles. The first kappa shape index (κ1) is 13.5. The van der Waals surface area contributed by atoms with E-state index in [1.165, 1.54) is 0 Å². The van der Waals surface area contributed by atoms with Crippen LogP contribution in [0.15, 0.2) is 18.2 Å². The Morgan fingerprint density at radius 3 is 2.76 bits per heavy atom. The van der Waals surface area contributed by atoms with Crippen molar-refractivity contribution in [3.05, 3.63) is 23.9 Å². The molecule has 0 radical (unpaired) electrons. The molecule has 0 aliphatic carbocycles. The highest BCUT2D eigenvalue weighted by Gasteiger charge is 2.10. The summed E-state index contributed by atoms with van der Waals surface area (Å²) in [7, 11) is 1.97. The molecule has 0 bridgehead atoms. The first-order valence-electron chi connectivity index (χ1n) is 5.88. The van der Waals surface area contributed by atoms with Crippen LogP contribution < -0.4 is 10.6 Å². The molecule has 92 valence electrons. The monoisotopic (exact) mass is 232 g/mol. The van der Waals surface area contributed by atoms with Gasteiger partial charge in [-0.05, 0) is 24.5 Å². The summed E-state index contributed by atoms with van der Waals surface area (Å²) in [5, 5.41) is 8.78. The molecule has 0 aliphatic rings. The van der Waals surface area contributed by atoms with Crippen LogP contribution in [0.4, 0.5) is 5.82 Å². The number of aromatic nitrogens is 1. The number of nitriles is 1. The molecule has 1 rings (SSSR count). The second-order valence-corrected chi connectivity index (χ2v) is 4.61. The van der Waals surface area contributed by atoms with E-state index in [0.29, 0.717) is 11.6 Å². The molecule has 4 heteroatoms. The van der Waals surface area contributed by atoms with Gasteiger partial charge in [0.25, 0.3) is 0 Å². The van der Waals surface area contributed by atoms with E-state index < -0.39 is 0 Å². The number of nitrogens with two attached hydrogens (primary N) is 1. The van der Waals surface area contributed by atoms with Crippen molar-refractivity contribution in [1.82, 2.24) is 4.98 Å². The number of hydrogen-bond acceptors (Lipinski definition) is 4.